The summed E-state index contributed by atoms with van der Waals surface area (Å²) < 4.78 is 29.2. The summed E-state index contributed by atoms with van der Waals surface area (Å²) in [6, 6.07) is 10.4. The van der Waals surface area contributed by atoms with Gasteiger partial charge >= 0.3 is 0 Å². The molecule has 0 bridgehead atoms. The van der Waals surface area contributed by atoms with Crippen molar-refractivity contribution in [1.29, 1.82) is 0 Å². The highest BCUT2D eigenvalue weighted by Gasteiger charge is 2.32. The van der Waals surface area contributed by atoms with E-state index in [1.165, 1.54) is 0 Å². The maximum Gasteiger partial charge on any atom is 0.253 e. The fourth-order valence-corrected chi connectivity index (χ4v) is 8.11. The summed E-state index contributed by atoms with van der Waals surface area (Å²) in [6.07, 6.45) is 3.68. The molecule has 3 heterocycles. The first kappa shape index (κ1) is 25.4. The average Bonchev–Trinajstić information content (AvgIpc) is 3.36. The number of benzene rings is 2. The molecule has 0 radical (unpaired) electrons. The van der Waals surface area contributed by atoms with E-state index in [9.17, 15) is 13.2 Å². The quantitative estimate of drug-likeness (QED) is 0.441. The molecule has 7 nitrogen and oxygen atoms in total. The lowest BCUT2D eigenvalue weighted by molar-refractivity contribution is 0.0746. The highest BCUT2D eigenvalue weighted by molar-refractivity contribution is 7.89. The number of nitrogens with zero attached hydrogens (tertiary/aromatic N) is 4. The summed E-state index contributed by atoms with van der Waals surface area (Å²) in [5.41, 5.74) is 2.44. The van der Waals surface area contributed by atoms with Gasteiger partial charge in [0.1, 0.15) is 0 Å². The molecule has 0 saturated carbocycles. The number of hydrogen-bond donors (Lipinski definition) is 0. The third-order valence-corrected chi connectivity index (χ3v) is 10.8. The van der Waals surface area contributed by atoms with Crippen molar-refractivity contribution in [3.8, 4) is 0 Å². The number of aromatic nitrogens is 1. The van der Waals surface area contributed by atoms with E-state index in [4.69, 9.17) is 16.6 Å². The second-order valence-electron chi connectivity index (χ2n) is 9.49. The van der Waals surface area contributed by atoms with E-state index in [1.54, 1.807) is 39.9 Å². The van der Waals surface area contributed by atoms with E-state index in [1.807, 2.05) is 30.9 Å². The normalized spacial score (nSPS) is 19.7. The molecule has 1 amide bonds. The number of carbonyl (C=O) groups excluding carboxylic acids is 1. The van der Waals surface area contributed by atoms with E-state index < -0.39 is 10.0 Å². The SMILES string of the molecule is CCC1CCCCN1S(=O)(=O)c1ccc(C(=O)N2CCN(c3nc4c(C)c(Cl)ccc4s3)CC2)cc1. The van der Waals surface area contributed by atoms with Crippen molar-refractivity contribution >= 4 is 54.2 Å². The Labute approximate surface area is 221 Å². The van der Waals surface area contributed by atoms with Crippen LogP contribution in [-0.4, -0.2) is 67.3 Å². The molecule has 1 atom stereocenters. The van der Waals surface area contributed by atoms with Crippen LogP contribution in [0.5, 0.6) is 0 Å². The Kier molecular flexibility index (Phi) is 7.27. The molecule has 2 saturated heterocycles. The minimum absolute atomic E-state index is 0.0534. The highest BCUT2D eigenvalue weighted by Crippen LogP contribution is 2.34. The smallest absolute Gasteiger partial charge is 0.253 e. The van der Waals surface area contributed by atoms with Crippen LogP contribution in [-0.2, 0) is 10.0 Å². The van der Waals surface area contributed by atoms with Crippen molar-refractivity contribution < 1.29 is 13.2 Å². The molecular formula is C26H31ClN4O3S2. The van der Waals surface area contributed by atoms with Gasteiger partial charge in [0.15, 0.2) is 5.13 Å². The Hall–Kier alpha value is -2.20. The molecule has 1 aromatic heterocycles. The number of piperazine rings is 1. The molecular weight excluding hydrogens is 516 g/mol. The maximum atomic E-state index is 13.2. The standard InChI is InChI=1S/C26H31ClN4O3S2/c1-3-20-6-4-5-13-31(20)36(33,34)21-9-7-19(8-10-21)25(32)29-14-16-30(17-15-29)26-28-24-18(2)22(27)11-12-23(24)35-26/h7-12,20H,3-6,13-17H2,1-2H3. The van der Waals surface area contributed by atoms with Crippen molar-refractivity contribution in [2.24, 2.45) is 0 Å². The minimum atomic E-state index is -3.56. The molecule has 2 fully saturated rings. The van der Waals surface area contributed by atoms with Gasteiger partial charge in [-0.1, -0.05) is 36.3 Å². The predicted octanol–water partition coefficient (Wildman–Crippen LogP) is 5.17. The van der Waals surface area contributed by atoms with Crippen molar-refractivity contribution in [3.63, 3.8) is 0 Å². The van der Waals surface area contributed by atoms with Crippen LogP contribution in [0.1, 0.15) is 48.5 Å². The molecule has 2 aliphatic rings. The Morgan fingerprint density at radius 3 is 2.47 bits per heavy atom. The summed E-state index contributed by atoms with van der Waals surface area (Å²) >= 11 is 7.89. The lowest BCUT2D eigenvalue weighted by Gasteiger charge is -2.35. The molecule has 36 heavy (non-hydrogen) atoms. The number of piperidine rings is 1. The van der Waals surface area contributed by atoms with Crippen LogP contribution in [0.25, 0.3) is 10.2 Å². The zero-order valence-electron chi connectivity index (χ0n) is 20.6. The van der Waals surface area contributed by atoms with E-state index in [0.717, 1.165) is 51.6 Å². The zero-order valence-corrected chi connectivity index (χ0v) is 23.0. The molecule has 5 rings (SSSR count). The zero-order chi connectivity index (χ0) is 25.4. The third kappa shape index (κ3) is 4.74. The number of anilines is 1. The summed E-state index contributed by atoms with van der Waals surface area (Å²) in [7, 11) is -3.56. The molecule has 0 N–H and O–H groups in total. The van der Waals surface area contributed by atoms with E-state index >= 15 is 0 Å². The Morgan fingerprint density at radius 2 is 1.78 bits per heavy atom. The van der Waals surface area contributed by atoms with Gasteiger partial charge < -0.3 is 9.80 Å². The number of amides is 1. The predicted molar refractivity (Wildman–Crippen MR) is 146 cm³/mol. The van der Waals surface area contributed by atoms with Crippen LogP contribution in [0.2, 0.25) is 5.02 Å². The van der Waals surface area contributed by atoms with Crippen molar-refractivity contribution in [3.05, 3.63) is 52.5 Å². The van der Waals surface area contributed by atoms with E-state index in [2.05, 4.69) is 4.90 Å². The van der Waals surface area contributed by atoms with Crippen LogP contribution >= 0.6 is 22.9 Å². The van der Waals surface area contributed by atoms with E-state index in [0.29, 0.717) is 38.3 Å². The minimum Gasteiger partial charge on any atom is -0.345 e. The van der Waals surface area contributed by atoms with Crippen LogP contribution in [0.3, 0.4) is 0 Å². The topological polar surface area (TPSA) is 73.8 Å². The number of hydrogen-bond acceptors (Lipinski definition) is 6. The lowest BCUT2D eigenvalue weighted by Crippen LogP contribution is -2.48. The Morgan fingerprint density at radius 1 is 1.06 bits per heavy atom. The molecule has 10 heteroatoms. The number of aryl methyl sites for hydroxylation is 1. The van der Waals surface area contributed by atoms with Gasteiger partial charge in [-0.15, -0.1) is 0 Å². The molecule has 0 aliphatic carbocycles. The largest absolute Gasteiger partial charge is 0.345 e. The number of thiazole rings is 1. The summed E-state index contributed by atoms with van der Waals surface area (Å²) in [5.74, 6) is -0.0741. The molecule has 1 unspecified atom stereocenters. The van der Waals surface area contributed by atoms with Gasteiger partial charge in [-0.2, -0.15) is 4.31 Å². The van der Waals surface area contributed by atoms with Gasteiger partial charge in [0.05, 0.1) is 15.1 Å². The van der Waals surface area contributed by atoms with E-state index in [-0.39, 0.29) is 16.8 Å². The molecule has 0 spiro atoms. The molecule has 2 aromatic carbocycles. The number of fused-ring (bicyclic) bond motifs is 1. The molecule has 3 aromatic rings. The van der Waals surface area contributed by atoms with Crippen LogP contribution in [0.4, 0.5) is 5.13 Å². The van der Waals surface area contributed by atoms with Crippen molar-refractivity contribution in [1.82, 2.24) is 14.2 Å². The number of rotatable bonds is 5. The number of sulfonamides is 1. The Balaban J connectivity index is 1.24. The third-order valence-electron chi connectivity index (χ3n) is 7.33. The van der Waals surface area contributed by atoms with Gasteiger partial charge in [0.2, 0.25) is 10.0 Å². The number of halogens is 1. The van der Waals surface area contributed by atoms with Crippen LogP contribution < -0.4 is 4.90 Å². The van der Waals surface area contributed by atoms with Crippen molar-refractivity contribution in [2.45, 2.75) is 50.5 Å². The molecule has 192 valence electrons. The number of carbonyl (C=O) groups is 1. The van der Waals surface area contributed by atoms with Gasteiger partial charge in [-0.25, -0.2) is 13.4 Å². The monoisotopic (exact) mass is 546 g/mol. The second kappa shape index (κ2) is 10.3. The van der Waals surface area contributed by atoms with Crippen LogP contribution in [0, 0.1) is 6.92 Å². The highest BCUT2D eigenvalue weighted by atomic mass is 35.5. The van der Waals surface area contributed by atoms with Gasteiger partial charge in [0, 0.05) is 49.4 Å². The second-order valence-corrected chi connectivity index (χ2v) is 12.8. The molecule has 2 aliphatic heterocycles. The summed E-state index contributed by atoms with van der Waals surface area (Å²) in [5, 5.41) is 1.66. The van der Waals surface area contributed by atoms with Gasteiger partial charge in [-0.3, -0.25) is 4.79 Å². The van der Waals surface area contributed by atoms with Gasteiger partial charge in [-0.05, 0) is 68.1 Å². The van der Waals surface area contributed by atoms with Crippen LogP contribution in [0.15, 0.2) is 41.3 Å². The first-order valence-electron chi connectivity index (χ1n) is 12.5. The first-order valence-corrected chi connectivity index (χ1v) is 15.1. The van der Waals surface area contributed by atoms with Crippen molar-refractivity contribution in [2.75, 3.05) is 37.6 Å². The fraction of sp³-hybridized carbons (Fsp3) is 0.462. The first-order chi connectivity index (χ1) is 17.3. The van der Waals surface area contributed by atoms with Gasteiger partial charge in [0.25, 0.3) is 5.91 Å². The lowest BCUT2D eigenvalue weighted by atomic mass is 10.0. The summed E-state index contributed by atoms with van der Waals surface area (Å²) in [4.78, 5) is 22.2. The maximum absolute atomic E-state index is 13.2. The fourth-order valence-electron chi connectivity index (χ4n) is 5.11. The average molecular weight is 547 g/mol. The summed E-state index contributed by atoms with van der Waals surface area (Å²) in [6.45, 7) is 7.13. The Bertz CT molecular complexity index is 1370.